The van der Waals surface area contributed by atoms with Crippen LogP contribution in [0.2, 0.25) is 0 Å². The molecular weight excluding hydrogens is 156 g/mol. The SMILES string of the molecule is C=C/C=C/CCCCC(=C)C(=C)C. The second-order valence-corrected chi connectivity index (χ2v) is 3.29. The van der Waals surface area contributed by atoms with E-state index >= 15 is 0 Å². The van der Waals surface area contributed by atoms with Crippen LogP contribution in [0.3, 0.4) is 0 Å². The highest BCUT2D eigenvalue weighted by Gasteiger charge is 1.93. The zero-order chi connectivity index (χ0) is 10.1. The van der Waals surface area contributed by atoms with Gasteiger partial charge in [-0.3, -0.25) is 0 Å². The van der Waals surface area contributed by atoms with Crippen molar-refractivity contribution in [1.29, 1.82) is 0 Å². The summed E-state index contributed by atoms with van der Waals surface area (Å²) in [6.07, 6.45) is 10.6. The van der Waals surface area contributed by atoms with Crippen molar-refractivity contribution in [1.82, 2.24) is 0 Å². The summed E-state index contributed by atoms with van der Waals surface area (Å²) in [4.78, 5) is 0. The van der Waals surface area contributed by atoms with Crippen molar-refractivity contribution in [3.63, 3.8) is 0 Å². The molecule has 0 amide bonds. The number of hydrogen-bond acceptors (Lipinski definition) is 0. The minimum Gasteiger partial charge on any atom is -0.0991 e. The molecule has 0 atom stereocenters. The molecule has 0 saturated heterocycles. The molecule has 0 nitrogen and oxygen atoms in total. The van der Waals surface area contributed by atoms with Gasteiger partial charge in [0.15, 0.2) is 0 Å². The van der Waals surface area contributed by atoms with Crippen molar-refractivity contribution >= 4 is 0 Å². The highest BCUT2D eigenvalue weighted by atomic mass is 14.0. The maximum atomic E-state index is 3.95. The maximum Gasteiger partial charge on any atom is -0.0282 e. The van der Waals surface area contributed by atoms with Crippen LogP contribution in [0.15, 0.2) is 49.1 Å². The van der Waals surface area contributed by atoms with Crippen LogP contribution in [0.5, 0.6) is 0 Å². The van der Waals surface area contributed by atoms with Gasteiger partial charge in [-0.25, -0.2) is 0 Å². The van der Waals surface area contributed by atoms with E-state index in [1.165, 1.54) is 18.4 Å². The third-order valence-corrected chi connectivity index (χ3v) is 1.98. The summed E-state index contributed by atoms with van der Waals surface area (Å²) in [6, 6.07) is 0. The summed E-state index contributed by atoms with van der Waals surface area (Å²) in [5.74, 6) is 0. The lowest BCUT2D eigenvalue weighted by atomic mass is 10.0. The first-order valence-corrected chi connectivity index (χ1v) is 4.79. The molecule has 13 heavy (non-hydrogen) atoms. The van der Waals surface area contributed by atoms with Gasteiger partial charge in [-0.1, -0.05) is 49.1 Å². The smallest absolute Gasteiger partial charge is 0.0282 e. The van der Waals surface area contributed by atoms with Crippen LogP contribution in [0.4, 0.5) is 0 Å². The second kappa shape index (κ2) is 7.60. The number of allylic oxidation sites excluding steroid dienone is 5. The molecule has 0 rings (SSSR count). The molecule has 0 N–H and O–H groups in total. The van der Waals surface area contributed by atoms with E-state index in [1.807, 2.05) is 19.1 Å². The fourth-order valence-electron chi connectivity index (χ4n) is 1.01. The fraction of sp³-hybridized carbons (Fsp3) is 0.385. The zero-order valence-corrected chi connectivity index (χ0v) is 8.68. The molecule has 0 fully saturated rings. The summed E-state index contributed by atoms with van der Waals surface area (Å²) in [5, 5.41) is 0. The molecule has 0 bridgehead atoms. The van der Waals surface area contributed by atoms with Crippen molar-refractivity contribution in [2.75, 3.05) is 0 Å². The van der Waals surface area contributed by atoms with Gasteiger partial charge in [0.25, 0.3) is 0 Å². The number of rotatable bonds is 7. The van der Waals surface area contributed by atoms with E-state index in [1.54, 1.807) is 0 Å². The second-order valence-electron chi connectivity index (χ2n) is 3.29. The highest BCUT2D eigenvalue weighted by Crippen LogP contribution is 2.13. The predicted octanol–water partition coefficient (Wildman–Crippen LogP) is 4.42. The maximum absolute atomic E-state index is 3.95. The molecule has 0 radical (unpaired) electrons. The quantitative estimate of drug-likeness (QED) is 0.398. The molecule has 0 aliphatic heterocycles. The Balaban J connectivity index is 3.36. The van der Waals surface area contributed by atoms with Gasteiger partial charge < -0.3 is 0 Å². The van der Waals surface area contributed by atoms with E-state index < -0.39 is 0 Å². The van der Waals surface area contributed by atoms with Crippen molar-refractivity contribution < 1.29 is 0 Å². The largest absolute Gasteiger partial charge is 0.0991 e. The van der Waals surface area contributed by atoms with E-state index in [9.17, 15) is 0 Å². The summed E-state index contributed by atoms with van der Waals surface area (Å²) in [5.41, 5.74) is 2.30. The van der Waals surface area contributed by atoms with Crippen molar-refractivity contribution in [2.45, 2.75) is 32.6 Å². The Kier molecular flexibility index (Phi) is 6.99. The molecule has 0 aromatic rings. The molecule has 0 spiro atoms. The van der Waals surface area contributed by atoms with E-state index in [-0.39, 0.29) is 0 Å². The molecule has 0 saturated carbocycles. The predicted molar refractivity (Wildman–Crippen MR) is 61.8 cm³/mol. The minimum absolute atomic E-state index is 1.08. The Bertz CT molecular complexity index is 206. The zero-order valence-electron chi connectivity index (χ0n) is 8.68. The third-order valence-electron chi connectivity index (χ3n) is 1.98. The van der Waals surface area contributed by atoms with Gasteiger partial charge in [0.2, 0.25) is 0 Å². The Hall–Kier alpha value is -1.04. The Morgan fingerprint density at radius 3 is 2.46 bits per heavy atom. The Morgan fingerprint density at radius 2 is 1.92 bits per heavy atom. The van der Waals surface area contributed by atoms with Crippen molar-refractivity contribution in [2.24, 2.45) is 0 Å². The molecule has 0 unspecified atom stereocenters. The van der Waals surface area contributed by atoms with Gasteiger partial charge >= 0.3 is 0 Å². The lowest BCUT2D eigenvalue weighted by Crippen LogP contribution is -1.82. The van der Waals surface area contributed by atoms with Crippen molar-refractivity contribution in [3.05, 3.63) is 49.1 Å². The van der Waals surface area contributed by atoms with Crippen LogP contribution >= 0.6 is 0 Å². The molecule has 0 heteroatoms. The molecule has 72 valence electrons. The lowest BCUT2D eigenvalue weighted by Gasteiger charge is -2.02. The highest BCUT2D eigenvalue weighted by molar-refractivity contribution is 5.22. The van der Waals surface area contributed by atoms with Crippen LogP contribution < -0.4 is 0 Å². The fourth-order valence-corrected chi connectivity index (χ4v) is 1.01. The van der Waals surface area contributed by atoms with Crippen LogP contribution in [-0.4, -0.2) is 0 Å². The van der Waals surface area contributed by atoms with Gasteiger partial charge in [0, 0.05) is 0 Å². The van der Waals surface area contributed by atoms with Crippen LogP contribution in [0, 0.1) is 0 Å². The van der Waals surface area contributed by atoms with Gasteiger partial charge in [-0.2, -0.15) is 0 Å². The molecular formula is C13H20. The number of unbranched alkanes of at least 4 members (excludes halogenated alkanes) is 2. The minimum atomic E-state index is 1.08. The van der Waals surface area contributed by atoms with E-state index in [0.717, 1.165) is 18.4 Å². The summed E-state index contributed by atoms with van der Waals surface area (Å²) in [7, 11) is 0. The van der Waals surface area contributed by atoms with E-state index in [0.29, 0.717) is 0 Å². The average molecular weight is 176 g/mol. The van der Waals surface area contributed by atoms with Crippen molar-refractivity contribution in [3.8, 4) is 0 Å². The van der Waals surface area contributed by atoms with Crippen LogP contribution in [0.25, 0.3) is 0 Å². The third kappa shape index (κ3) is 7.32. The van der Waals surface area contributed by atoms with Gasteiger partial charge in [0.05, 0.1) is 0 Å². The van der Waals surface area contributed by atoms with E-state index in [4.69, 9.17) is 0 Å². The Morgan fingerprint density at radius 1 is 1.23 bits per heavy atom. The average Bonchev–Trinajstić information content (AvgIpc) is 2.10. The molecule has 0 aromatic heterocycles. The first-order valence-electron chi connectivity index (χ1n) is 4.79. The van der Waals surface area contributed by atoms with Crippen LogP contribution in [0.1, 0.15) is 32.6 Å². The molecule has 0 aliphatic carbocycles. The first-order chi connectivity index (χ1) is 6.18. The van der Waals surface area contributed by atoms with Gasteiger partial charge in [-0.15, -0.1) is 0 Å². The topological polar surface area (TPSA) is 0 Å². The standard InChI is InChI=1S/C13H20/c1-5-6-7-8-9-10-11-13(4)12(2)3/h5-7H,1-2,4,8-11H2,3H3/b7-6+. The molecule has 0 aromatic carbocycles. The summed E-state index contributed by atoms with van der Waals surface area (Å²) < 4.78 is 0. The molecule has 0 aliphatic rings. The summed E-state index contributed by atoms with van der Waals surface area (Å²) >= 11 is 0. The first kappa shape index (κ1) is 12.0. The van der Waals surface area contributed by atoms with Crippen LogP contribution in [-0.2, 0) is 0 Å². The van der Waals surface area contributed by atoms with Gasteiger partial charge in [0.1, 0.15) is 0 Å². The monoisotopic (exact) mass is 176 g/mol. The molecule has 0 heterocycles. The lowest BCUT2D eigenvalue weighted by molar-refractivity contribution is 0.747. The Labute approximate surface area is 82.4 Å². The summed E-state index contributed by atoms with van der Waals surface area (Å²) in [6.45, 7) is 13.4. The normalized spacial score (nSPS) is 10.2. The van der Waals surface area contributed by atoms with E-state index in [2.05, 4.69) is 25.8 Å². The van der Waals surface area contributed by atoms with Gasteiger partial charge in [-0.05, 0) is 32.6 Å². The number of hydrogen-bond donors (Lipinski definition) is 0.